The Labute approximate surface area is 127 Å². The number of likely N-dealkylation sites (tertiary alicyclic amines) is 1. The smallest absolute Gasteiger partial charge is 0.262 e. The fraction of sp³-hybridized carbons (Fsp3) is 0.467. The van der Waals surface area contributed by atoms with E-state index in [0.29, 0.717) is 28.3 Å². The fourth-order valence-electron chi connectivity index (χ4n) is 3.05. The van der Waals surface area contributed by atoms with Crippen LogP contribution in [0, 0.1) is 10.6 Å². The van der Waals surface area contributed by atoms with Gasteiger partial charge in [-0.25, -0.2) is 4.39 Å². The number of aromatic nitrogens is 2. The Kier molecular flexibility index (Phi) is 3.91. The van der Waals surface area contributed by atoms with Gasteiger partial charge in [-0.2, -0.15) is 0 Å². The Balaban J connectivity index is 1.94. The Hall–Kier alpha value is -1.53. The number of rotatable bonds is 3. The van der Waals surface area contributed by atoms with Gasteiger partial charge in [0.05, 0.1) is 10.9 Å². The second-order valence-corrected chi connectivity index (χ2v) is 6.03. The molecule has 1 saturated heterocycles. The first-order valence-corrected chi connectivity index (χ1v) is 7.60. The van der Waals surface area contributed by atoms with Crippen molar-refractivity contribution in [1.29, 1.82) is 0 Å². The third-order valence-electron chi connectivity index (χ3n) is 4.30. The Morgan fingerprint density at radius 3 is 3.00 bits per heavy atom. The van der Waals surface area contributed by atoms with Crippen molar-refractivity contribution < 1.29 is 4.39 Å². The van der Waals surface area contributed by atoms with E-state index in [0.717, 1.165) is 19.4 Å². The molecule has 1 fully saturated rings. The predicted molar refractivity (Wildman–Crippen MR) is 83.6 cm³/mol. The molecule has 0 saturated carbocycles. The van der Waals surface area contributed by atoms with Crippen molar-refractivity contribution in [2.24, 2.45) is 0 Å². The first-order chi connectivity index (χ1) is 10.1. The minimum Gasteiger partial charge on any atom is -0.332 e. The molecule has 0 radical (unpaired) electrons. The SMILES string of the molecule is CN1CCCC1CCn1c(=S)[nH]c2ccc(F)cc2c1=O. The molecular formula is C15H18FN3OS. The van der Waals surface area contributed by atoms with Crippen molar-refractivity contribution in [2.75, 3.05) is 13.6 Å². The maximum atomic E-state index is 13.3. The van der Waals surface area contributed by atoms with Crippen LogP contribution in [0.1, 0.15) is 19.3 Å². The predicted octanol–water partition coefficient (Wildman–Crippen LogP) is 2.68. The zero-order valence-corrected chi connectivity index (χ0v) is 12.8. The maximum absolute atomic E-state index is 13.3. The van der Waals surface area contributed by atoms with Gasteiger partial charge in [-0.3, -0.25) is 9.36 Å². The lowest BCUT2D eigenvalue weighted by molar-refractivity contribution is 0.285. The van der Waals surface area contributed by atoms with Gasteiger partial charge in [0.1, 0.15) is 5.82 Å². The van der Waals surface area contributed by atoms with Gasteiger partial charge >= 0.3 is 0 Å². The summed E-state index contributed by atoms with van der Waals surface area (Å²) in [5, 5.41) is 0.350. The summed E-state index contributed by atoms with van der Waals surface area (Å²) in [6.07, 6.45) is 3.24. The molecule has 0 amide bonds. The lowest BCUT2D eigenvalue weighted by atomic mass is 10.1. The number of aromatic amines is 1. The number of hydrogen-bond acceptors (Lipinski definition) is 3. The van der Waals surface area contributed by atoms with Crippen LogP contribution in [0.2, 0.25) is 0 Å². The van der Waals surface area contributed by atoms with Crippen molar-refractivity contribution >= 4 is 23.1 Å². The number of hydrogen-bond donors (Lipinski definition) is 1. The molecule has 1 N–H and O–H groups in total. The summed E-state index contributed by atoms with van der Waals surface area (Å²) in [7, 11) is 2.11. The van der Waals surface area contributed by atoms with E-state index in [-0.39, 0.29) is 5.56 Å². The van der Waals surface area contributed by atoms with Gasteiger partial charge in [0.15, 0.2) is 4.77 Å². The second kappa shape index (κ2) is 5.69. The van der Waals surface area contributed by atoms with Crippen LogP contribution in [0.4, 0.5) is 4.39 Å². The Bertz CT molecular complexity index is 783. The molecule has 0 bridgehead atoms. The van der Waals surface area contributed by atoms with Crippen LogP contribution in [0.3, 0.4) is 0 Å². The molecule has 1 aromatic heterocycles. The van der Waals surface area contributed by atoms with E-state index in [4.69, 9.17) is 12.2 Å². The molecule has 21 heavy (non-hydrogen) atoms. The summed E-state index contributed by atoms with van der Waals surface area (Å²) >= 11 is 5.27. The van der Waals surface area contributed by atoms with Crippen molar-refractivity contribution in [2.45, 2.75) is 31.8 Å². The van der Waals surface area contributed by atoms with E-state index in [2.05, 4.69) is 16.9 Å². The number of nitrogens with one attached hydrogen (secondary N) is 1. The summed E-state index contributed by atoms with van der Waals surface area (Å²) in [6, 6.07) is 4.64. The van der Waals surface area contributed by atoms with Gasteiger partial charge in [-0.1, -0.05) is 0 Å². The minimum absolute atomic E-state index is 0.214. The molecule has 1 aliphatic heterocycles. The first kappa shape index (κ1) is 14.4. The van der Waals surface area contributed by atoms with Gasteiger partial charge in [0, 0.05) is 12.6 Å². The fourth-order valence-corrected chi connectivity index (χ4v) is 3.33. The van der Waals surface area contributed by atoms with E-state index in [9.17, 15) is 9.18 Å². The molecule has 3 rings (SSSR count). The number of nitrogens with zero attached hydrogens (tertiary/aromatic N) is 2. The number of fused-ring (bicyclic) bond motifs is 1. The Morgan fingerprint density at radius 2 is 2.29 bits per heavy atom. The summed E-state index contributed by atoms with van der Waals surface area (Å²) in [6.45, 7) is 1.67. The Morgan fingerprint density at radius 1 is 1.48 bits per heavy atom. The second-order valence-electron chi connectivity index (χ2n) is 5.64. The van der Waals surface area contributed by atoms with E-state index >= 15 is 0 Å². The summed E-state index contributed by atoms with van der Waals surface area (Å²) < 4.78 is 15.3. The molecule has 1 aromatic carbocycles. The number of benzene rings is 1. The zero-order valence-electron chi connectivity index (χ0n) is 11.9. The van der Waals surface area contributed by atoms with Crippen LogP contribution in [-0.2, 0) is 6.54 Å². The highest BCUT2D eigenvalue weighted by Gasteiger charge is 2.20. The van der Waals surface area contributed by atoms with Gasteiger partial charge in [0.2, 0.25) is 0 Å². The van der Waals surface area contributed by atoms with Gasteiger partial charge in [-0.05, 0) is 63.3 Å². The van der Waals surface area contributed by atoms with Crippen molar-refractivity contribution in [3.05, 3.63) is 39.1 Å². The molecule has 0 aliphatic carbocycles. The molecule has 1 atom stereocenters. The minimum atomic E-state index is -0.410. The average molecular weight is 307 g/mol. The van der Waals surface area contributed by atoms with Crippen LogP contribution < -0.4 is 5.56 Å². The molecule has 1 unspecified atom stereocenters. The van der Waals surface area contributed by atoms with Gasteiger partial charge in [-0.15, -0.1) is 0 Å². The van der Waals surface area contributed by atoms with Crippen molar-refractivity contribution in [1.82, 2.24) is 14.5 Å². The van der Waals surface area contributed by atoms with Crippen LogP contribution in [0.25, 0.3) is 10.9 Å². The summed E-state index contributed by atoms with van der Waals surface area (Å²) in [5.41, 5.74) is 0.370. The van der Waals surface area contributed by atoms with E-state index in [1.54, 1.807) is 10.6 Å². The van der Waals surface area contributed by atoms with Crippen LogP contribution in [0.15, 0.2) is 23.0 Å². The lowest BCUT2D eigenvalue weighted by Crippen LogP contribution is -2.29. The molecule has 4 nitrogen and oxygen atoms in total. The van der Waals surface area contributed by atoms with Crippen molar-refractivity contribution in [3.63, 3.8) is 0 Å². The van der Waals surface area contributed by atoms with E-state index in [1.165, 1.54) is 18.6 Å². The standard InChI is InChI=1S/C15H18FN3OS/c1-18-7-2-3-11(18)6-8-19-14(20)12-9-10(16)4-5-13(12)17-15(19)21/h4-5,9,11H,2-3,6-8H2,1H3,(H,17,21). The zero-order chi connectivity index (χ0) is 15.0. The van der Waals surface area contributed by atoms with Crippen LogP contribution in [0.5, 0.6) is 0 Å². The molecule has 2 aromatic rings. The maximum Gasteiger partial charge on any atom is 0.262 e. The number of H-pyrrole nitrogens is 1. The quantitative estimate of drug-likeness (QED) is 0.886. The van der Waals surface area contributed by atoms with Crippen LogP contribution in [-0.4, -0.2) is 34.1 Å². The number of halogens is 1. The van der Waals surface area contributed by atoms with Crippen molar-refractivity contribution in [3.8, 4) is 0 Å². The third-order valence-corrected chi connectivity index (χ3v) is 4.62. The van der Waals surface area contributed by atoms with Gasteiger partial charge < -0.3 is 9.88 Å². The molecule has 6 heteroatoms. The molecule has 0 spiro atoms. The summed E-state index contributed by atoms with van der Waals surface area (Å²) in [5.74, 6) is -0.410. The topological polar surface area (TPSA) is 41.0 Å². The normalized spacial score (nSPS) is 19.4. The van der Waals surface area contributed by atoms with Gasteiger partial charge in [0.25, 0.3) is 5.56 Å². The monoisotopic (exact) mass is 307 g/mol. The highest BCUT2D eigenvalue weighted by atomic mass is 32.1. The molecule has 2 heterocycles. The highest BCUT2D eigenvalue weighted by Crippen LogP contribution is 2.18. The van der Waals surface area contributed by atoms with E-state index < -0.39 is 5.82 Å². The largest absolute Gasteiger partial charge is 0.332 e. The van der Waals surface area contributed by atoms with Crippen LogP contribution >= 0.6 is 12.2 Å². The van der Waals surface area contributed by atoms with E-state index in [1.807, 2.05) is 0 Å². The third kappa shape index (κ3) is 2.78. The molecular weight excluding hydrogens is 289 g/mol. The first-order valence-electron chi connectivity index (χ1n) is 7.19. The molecule has 1 aliphatic rings. The summed E-state index contributed by atoms with van der Waals surface area (Å²) in [4.78, 5) is 17.8. The highest BCUT2D eigenvalue weighted by molar-refractivity contribution is 7.71. The lowest BCUT2D eigenvalue weighted by Gasteiger charge is -2.19. The average Bonchev–Trinajstić information content (AvgIpc) is 2.85. The molecule has 112 valence electrons.